The van der Waals surface area contributed by atoms with Gasteiger partial charge >= 0.3 is 12.1 Å². The van der Waals surface area contributed by atoms with E-state index in [1.54, 1.807) is 0 Å². The summed E-state index contributed by atoms with van der Waals surface area (Å²) in [5.41, 5.74) is 2.01. The summed E-state index contributed by atoms with van der Waals surface area (Å²) in [5, 5.41) is 0. The van der Waals surface area contributed by atoms with Gasteiger partial charge in [-0.1, -0.05) is 60.1 Å². The van der Waals surface area contributed by atoms with Crippen LogP contribution in [0.4, 0.5) is 13.2 Å². The van der Waals surface area contributed by atoms with Gasteiger partial charge in [-0.2, -0.15) is 13.2 Å². The number of allylic oxidation sites excluding steroid dienone is 4. The van der Waals surface area contributed by atoms with E-state index in [4.69, 9.17) is 14.5 Å². The van der Waals surface area contributed by atoms with Gasteiger partial charge in [-0.05, 0) is 85.6 Å². The number of carbonyl (C=O) groups is 2. The maximum Gasteiger partial charge on any atom is 0.388 e. The Morgan fingerprint density at radius 2 is 1.54 bits per heavy atom. The third-order valence-electron chi connectivity index (χ3n) is 7.28. The summed E-state index contributed by atoms with van der Waals surface area (Å²) < 4.78 is 44.0. The van der Waals surface area contributed by atoms with Gasteiger partial charge in [0, 0.05) is 43.0 Å². The summed E-state index contributed by atoms with van der Waals surface area (Å²) in [6.45, 7) is 26.1. The highest BCUT2D eigenvalue weighted by atomic mass is 19.4. The van der Waals surface area contributed by atoms with Gasteiger partial charge in [0.15, 0.2) is 5.78 Å². The van der Waals surface area contributed by atoms with Crippen LogP contribution in [0.15, 0.2) is 40.2 Å². The quantitative estimate of drug-likeness (QED) is 0.112. The van der Waals surface area contributed by atoms with Gasteiger partial charge in [0.25, 0.3) is 0 Å². The fourth-order valence-electron chi connectivity index (χ4n) is 4.77. The molecular formula is C37H63F3N2O4. The van der Waals surface area contributed by atoms with Gasteiger partial charge < -0.3 is 14.4 Å². The second kappa shape index (κ2) is 18.8. The van der Waals surface area contributed by atoms with Gasteiger partial charge in [-0.3, -0.25) is 9.59 Å². The van der Waals surface area contributed by atoms with Crippen molar-refractivity contribution in [2.75, 3.05) is 13.7 Å². The molecule has 0 aromatic rings. The number of alkyl halides is 3. The maximum absolute atomic E-state index is 13.2. The first-order valence-corrected chi connectivity index (χ1v) is 16.7. The summed E-state index contributed by atoms with van der Waals surface area (Å²) in [7, 11) is 2.03. The fraction of sp³-hybridized carbons (Fsp3) is 0.757. The molecule has 2 unspecified atom stereocenters. The molecule has 0 radical (unpaired) electrons. The SMILES string of the molecule is CCC(F)(F)F.C\C=C(/N=C1\C(=C/CC)C=C(C(C)(C)C)N1C)C(=O)CCCCC(COC(C)(C)C)C(C)CC(=O)OC(C)(C)C. The van der Waals surface area contributed by atoms with Crippen LogP contribution in [0.1, 0.15) is 135 Å². The Hall–Kier alpha value is -2.42. The molecule has 1 aliphatic heterocycles. The van der Waals surface area contributed by atoms with Crippen molar-refractivity contribution in [3.05, 3.63) is 35.2 Å². The van der Waals surface area contributed by atoms with Gasteiger partial charge in [-0.25, -0.2) is 4.99 Å². The Morgan fingerprint density at radius 3 is 1.98 bits per heavy atom. The normalized spacial score (nSPS) is 17.9. The summed E-state index contributed by atoms with van der Waals surface area (Å²) in [6, 6.07) is 0. The zero-order valence-corrected chi connectivity index (χ0v) is 31.2. The van der Waals surface area contributed by atoms with Crippen LogP contribution in [0, 0.1) is 17.3 Å². The predicted molar refractivity (Wildman–Crippen MR) is 184 cm³/mol. The van der Waals surface area contributed by atoms with Crippen molar-refractivity contribution in [2.24, 2.45) is 22.2 Å². The first-order chi connectivity index (χ1) is 20.8. The van der Waals surface area contributed by atoms with E-state index in [-0.39, 0.29) is 34.6 Å². The maximum atomic E-state index is 13.2. The molecule has 0 aromatic carbocycles. The van der Waals surface area contributed by atoms with Crippen LogP contribution in [0.2, 0.25) is 0 Å². The van der Waals surface area contributed by atoms with E-state index >= 15 is 0 Å². The molecule has 0 aromatic heterocycles. The number of ether oxygens (including phenoxy) is 2. The van der Waals surface area contributed by atoms with Crippen molar-refractivity contribution in [1.82, 2.24) is 4.90 Å². The van der Waals surface area contributed by atoms with Crippen LogP contribution in [0.3, 0.4) is 0 Å². The van der Waals surface area contributed by atoms with Gasteiger partial charge in [0.1, 0.15) is 17.1 Å². The summed E-state index contributed by atoms with van der Waals surface area (Å²) >= 11 is 0. The predicted octanol–water partition coefficient (Wildman–Crippen LogP) is 10.4. The third-order valence-corrected chi connectivity index (χ3v) is 7.28. The lowest BCUT2D eigenvalue weighted by Crippen LogP contribution is -2.30. The molecule has 1 rings (SSSR count). The Morgan fingerprint density at radius 1 is 0.978 bits per heavy atom. The molecular weight excluding hydrogens is 593 g/mol. The first-order valence-electron chi connectivity index (χ1n) is 16.7. The number of Topliss-reactive ketones (excluding diaryl/α,β-unsaturated/α-hetero) is 1. The van der Waals surface area contributed by atoms with E-state index < -0.39 is 18.2 Å². The molecule has 0 spiro atoms. The Labute approximate surface area is 278 Å². The summed E-state index contributed by atoms with van der Waals surface area (Å²) in [5.74, 6) is 1.05. The van der Waals surface area contributed by atoms with E-state index in [0.717, 1.165) is 44.0 Å². The van der Waals surface area contributed by atoms with E-state index in [0.29, 0.717) is 25.1 Å². The standard InChI is InChI=1S/C34H58N2O4.C3H5F3/c1-14-18-25-22-29(32(4,5)6)36(13)31(25)35-27(15-2)28(37)20-17-16-19-26(23-39-33(7,8)9)24(3)21-30(38)40-34(10,11)12;1-2-3(4,5)6/h15,18,22,24,26H,14,16-17,19-21,23H2,1-13H3;2H2,1H3/b25-18-,27-15-,35-31+;. The zero-order chi connectivity index (χ0) is 36.1. The molecule has 0 bridgehead atoms. The fourth-order valence-corrected chi connectivity index (χ4v) is 4.77. The number of aliphatic imine (C=N–C) groups is 1. The van der Waals surface area contributed by atoms with E-state index in [2.05, 4.69) is 51.7 Å². The van der Waals surface area contributed by atoms with Crippen LogP contribution in [-0.2, 0) is 19.1 Å². The van der Waals surface area contributed by atoms with Crippen LogP contribution >= 0.6 is 0 Å². The average Bonchev–Trinajstić information content (AvgIpc) is 3.19. The van der Waals surface area contributed by atoms with Crippen LogP contribution in [0.5, 0.6) is 0 Å². The number of ketones is 1. The highest BCUT2D eigenvalue weighted by molar-refractivity contribution is 6.08. The molecule has 266 valence electrons. The molecule has 0 fully saturated rings. The average molecular weight is 657 g/mol. The molecule has 0 aliphatic carbocycles. The molecule has 1 heterocycles. The van der Waals surface area contributed by atoms with E-state index in [1.165, 1.54) is 5.70 Å². The smallest absolute Gasteiger partial charge is 0.388 e. The number of hydrogen-bond acceptors (Lipinski definition) is 5. The van der Waals surface area contributed by atoms with Crippen molar-refractivity contribution in [2.45, 2.75) is 152 Å². The lowest BCUT2D eigenvalue weighted by molar-refractivity contribution is -0.156. The number of carbonyl (C=O) groups excluding carboxylic acids is 2. The number of unbranched alkanes of at least 4 members (excludes halogenated alkanes) is 1. The van der Waals surface area contributed by atoms with Crippen molar-refractivity contribution in [3.63, 3.8) is 0 Å². The minimum Gasteiger partial charge on any atom is -0.460 e. The number of amidine groups is 1. The first kappa shape index (κ1) is 43.6. The highest BCUT2D eigenvalue weighted by Crippen LogP contribution is 2.35. The van der Waals surface area contributed by atoms with Gasteiger partial charge in [0.05, 0.1) is 12.2 Å². The minimum absolute atomic E-state index is 0.0210. The highest BCUT2D eigenvalue weighted by Gasteiger charge is 2.31. The Kier molecular flexibility index (Phi) is 17.8. The lowest BCUT2D eigenvalue weighted by atomic mass is 9.87. The minimum atomic E-state index is -3.96. The number of nitrogens with zero attached hydrogens (tertiary/aromatic N) is 2. The van der Waals surface area contributed by atoms with Gasteiger partial charge in [0.2, 0.25) is 0 Å². The van der Waals surface area contributed by atoms with E-state index in [1.807, 2.05) is 61.6 Å². The molecule has 46 heavy (non-hydrogen) atoms. The number of hydrogen-bond donors (Lipinski definition) is 0. The molecule has 2 atom stereocenters. The van der Waals surface area contributed by atoms with E-state index in [9.17, 15) is 22.8 Å². The molecule has 0 N–H and O–H groups in total. The molecule has 0 saturated carbocycles. The lowest BCUT2D eigenvalue weighted by Gasteiger charge is -2.29. The second-order valence-corrected chi connectivity index (χ2v) is 15.1. The summed E-state index contributed by atoms with van der Waals surface area (Å²) in [6.07, 6.45) is 5.75. The monoisotopic (exact) mass is 656 g/mol. The number of likely N-dealkylation sites (N-methyl/N-ethyl adjacent to an activating group) is 1. The third kappa shape index (κ3) is 18.1. The van der Waals surface area contributed by atoms with Crippen LogP contribution < -0.4 is 0 Å². The van der Waals surface area contributed by atoms with Crippen molar-refractivity contribution in [1.29, 1.82) is 0 Å². The van der Waals surface area contributed by atoms with Crippen molar-refractivity contribution < 1.29 is 32.2 Å². The Balaban J connectivity index is 0.00000306. The second-order valence-electron chi connectivity index (χ2n) is 15.1. The van der Waals surface area contributed by atoms with Crippen molar-refractivity contribution in [3.8, 4) is 0 Å². The number of esters is 1. The molecule has 0 saturated heterocycles. The van der Waals surface area contributed by atoms with Crippen LogP contribution in [0.25, 0.3) is 0 Å². The zero-order valence-electron chi connectivity index (χ0n) is 31.2. The Bertz CT molecular complexity index is 1100. The van der Waals surface area contributed by atoms with Gasteiger partial charge in [-0.15, -0.1) is 0 Å². The topological polar surface area (TPSA) is 68.2 Å². The molecule has 6 nitrogen and oxygen atoms in total. The largest absolute Gasteiger partial charge is 0.460 e. The van der Waals surface area contributed by atoms with Crippen LogP contribution in [-0.4, -0.2) is 53.5 Å². The summed E-state index contributed by atoms with van der Waals surface area (Å²) in [4.78, 5) is 32.7. The van der Waals surface area contributed by atoms with Crippen molar-refractivity contribution >= 4 is 17.6 Å². The molecule has 1 aliphatic rings. The molecule has 9 heteroatoms. The molecule has 0 amide bonds. The number of rotatable bonds is 13. The number of halogens is 3.